The number of carbonyl (C=O) groups is 1. The van der Waals surface area contributed by atoms with Crippen molar-refractivity contribution in [2.24, 2.45) is 0 Å². The number of aryl methyl sites for hydroxylation is 1. The van der Waals surface area contributed by atoms with Gasteiger partial charge in [-0.2, -0.15) is 0 Å². The number of rotatable bonds is 3. The number of hydrogen-bond donors (Lipinski definition) is 0. The number of nitrogens with zero attached hydrogens (tertiary/aromatic N) is 2. The second kappa shape index (κ2) is 7.54. The minimum Gasteiger partial charge on any atom is -0.335 e. The number of amides is 1. The molecule has 27 heavy (non-hydrogen) atoms. The Morgan fingerprint density at radius 2 is 1.85 bits per heavy atom. The van der Waals surface area contributed by atoms with Crippen molar-refractivity contribution in [2.45, 2.75) is 18.7 Å². The van der Waals surface area contributed by atoms with Gasteiger partial charge in [-0.25, -0.2) is 0 Å². The lowest BCUT2D eigenvalue weighted by molar-refractivity contribution is -0.113. The molecule has 2 aliphatic heterocycles. The second-order valence-electron chi connectivity index (χ2n) is 6.20. The normalized spacial score (nSPS) is 19.5. The topological polar surface area (TPSA) is 23.6 Å². The maximum absolute atomic E-state index is 12.8. The molecule has 2 heterocycles. The molecular formula is C21H18N2OS3. The van der Waals surface area contributed by atoms with E-state index in [-0.39, 0.29) is 5.91 Å². The molecule has 3 nitrogen and oxygen atoms in total. The lowest BCUT2D eigenvalue weighted by Gasteiger charge is -2.17. The van der Waals surface area contributed by atoms with Gasteiger partial charge in [0.15, 0.2) is 4.32 Å². The molecule has 0 unspecified atom stereocenters. The minimum atomic E-state index is -0.0625. The van der Waals surface area contributed by atoms with Crippen LogP contribution in [-0.4, -0.2) is 16.8 Å². The van der Waals surface area contributed by atoms with Crippen molar-refractivity contribution < 1.29 is 4.79 Å². The third-order valence-corrected chi connectivity index (χ3v) is 6.82. The number of anilines is 2. The summed E-state index contributed by atoms with van der Waals surface area (Å²) in [7, 11) is 0. The predicted octanol–water partition coefficient (Wildman–Crippen LogP) is 5.72. The Labute approximate surface area is 173 Å². The molecule has 1 saturated heterocycles. The first-order valence-electron chi connectivity index (χ1n) is 8.68. The number of allylic oxidation sites excluding steroid dienone is 2. The minimum absolute atomic E-state index is 0.0625. The monoisotopic (exact) mass is 410 g/mol. The first-order valence-corrected chi connectivity index (χ1v) is 10.7. The Kier molecular flexibility index (Phi) is 5.12. The molecule has 0 radical (unpaired) electrons. The number of benzene rings is 2. The Morgan fingerprint density at radius 1 is 1.07 bits per heavy atom. The van der Waals surface area contributed by atoms with Crippen LogP contribution in [-0.2, 0) is 4.79 Å². The first-order chi connectivity index (χ1) is 13.1. The maximum atomic E-state index is 12.8. The summed E-state index contributed by atoms with van der Waals surface area (Å²) >= 11 is 8.53. The van der Waals surface area contributed by atoms with Crippen LogP contribution >= 0.6 is 35.7 Å². The molecule has 2 aromatic carbocycles. The lowest BCUT2D eigenvalue weighted by atomic mass is 10.2. The van der Waals surface area contributed by atoms with Gasteiger partial charge in [-0.1, -0.05) is 60.0 Å². The van der Waals surface area contributed by atoms with Crippen molar-refractivity contribution in [1.82, 2.24) is 0 Å². The molecule has 6 heteroatoms. The third-order valence-electron chi connectivity index (χ3n) is 4.39. The van der Waals surface area contributed by atoms with Gasteiger partial charge in [0.25, 0.3) is 5.91 Å². The Hall–Kier alpha value is -2.02. The van der Waals surface area contributed by atoms with E-state index in [1.165, 1.54) is 27.9 Å². The van der Waals surface area contributed by atoms with E-state index in [0.29, 0.717) is 9.23 Å². The summed E-state index contributed by atoms with van der Waals surface area (Å²) in [6.45, 7) is 5.12. The van der Waals surface area contributed by atoms with Gasteiger partial charge in [0.05, 0.1) is 21.3 Å². The van der Waals surface area contributed by atoms with Crippen molar-refractivity contribution >= 4 is 57.3 Å². The average Bonchev–Trinajstić information content (AvgIpc) is 3.16. The number of para-hydroxylation sites is 1. The van der Waals surface area contributed by atoms with E-state index in [9.17, 15) is 4.79 Å². The zero-order valence-electron chi connectivity index (χ0n) is 15.0. The maximum Gasteiger partial charge on any atom is 0.270 e. The van der Waals surface area contributed by atoms with Crippen LogP contribution < -0.4 is 9.80 Å². The number of thioether (sulfide) groups is 2. The standard InChI is InChI=1S/C21H18N2OS3/c1-3-22-16-10-9-14(2)13-18(16)26-19(22)12-11-17-20(24)23(21(25)27-17)15-7-5-4-6-8-15/h4-13H,3H2,1-2H3/b17-11+,19-12-. The van der Waals surface area contributed by atoms with Crippen LogP contribution in [0.4, 0.5) is 11.4 Å². The third kappa shape index (κ3) is 3.45. The number of fused-ring (bicyclic) bond motifs is 1. The van der Waals surface area contributed by atoms with E-state index >= 15 is 0 Å². The van der Waals surface area contributed by atoms with Crippen molar-refractivity contribution in [1.29, 1.82) is 0 Å². The second-order valence-corrected chi connectivity index (χ2v) is 8.94. The molecular weight excluding hydrogens is 392 g/mol. The van der Waals surface area contributed by atoms with Crippen molar-refractivity contribution in [3.63, 3.8) is 0 Å². The van der Waals surface area contributed by atoms with Crippen LogP contribution in [0.25, 0.3) is 0 Å². The predicted molar refractivity (Wildman–Crippen MR) is 120 cm³/mol. The van der Waals surface area contributed by atoms with Crippen LogP contribution in [0.3, 0.4) is 0 Å². The highest BCUT2D eigenvalue weighted by Crippen LogP contribution is 2.46. The number of carbonyl (C=O) groups excluding carboxylic acids is 1. The fourth-order valence-electron chi connectivity index (χ4n) is 3.09. The summed E-state index contributed by atoms with van der Waals surface area (Å²) in [5.41, 5.74) is 3.29. The SMILES string of the molecule is CCN1/C(=C/C=C2/SC(=S)N(c3ccccc3)C2=O)Sc2cc(C)ccc21. The Balaban J connectivity index is 1.61. The number of thiocarbonyl (C=S) groups is 1. The highest BCUT2D eigenvalue weighted by Gasteiger charge is 2.33. The highest BCUT2D eigenvalue weighted by atomic mass is 32.2. The van der Waals surface area contributed by atoms with Gasteiger partial charge < -0.3 is 4.90 Å². The molecule has 4 rings (SSSR count). The van der Waals surface area contributed by atoms with E-state index < -0.39 is 0 Å². The molecule has 0 bridgehead atoms. The summed E-state index contributed by atoms with van der Waals surface area (Å²) in [5, 5.41) is 1.13. The van der Waals surface area contributed by atoms with Crippen molar-refractivity contribution in [3.8, 4) is 0 Å². The molecule has 0 atom stereocenters. The fourth-order valence-corrected chi connectivity index (χ4v) is 5.56. The molecule has 0 aliphatic carbocycles. The van der Waals surface area contributed by atoms with Crippen molar-refractivity contribution in [2.75, 3.05) is 16.3 Å². The summed E-state index contributed by atoms with van der Waals surface area (Å²) in [4.78, 5) is 18.6. The van der Waals surface area contributed by atoms with E-state index in [1.807, 2.05) is 42.5 Å². The van der Waals surface area contributed by atoms with Crippen LogP contribution in [0.1, 0.15) is 12.5 Å². The average molecular weight is 411 g/mol. The van der Waals surface area contributed by atoms with E-state index in [1.54, 1.807) is 16.7 Å². The van der Waals surface area contributed by atoms with Crippen LogP contribution in [0.2, 0.25) is 0 Å². The van der Waals surface area contributed by atoms with E-state index in [4.69, 9.17) is 12.2 Å². The van der Waals surface area contributed by atoms with Crippen LogP contribution in [0, 0.1) is 6.92 Å². The molecule has 0 N–H and O–H groups in total. The van der Waals surface area contributed by atoms with Crippen LogP contribution in [0.5, 0.6) is 0 Å². The summed E-state index contributed by atoms with van der Waals surface area (Å²) in [6.07, 6.45) is 3.92. The van der Waals surface area contributed by atoms with E-state index in [0.717, 1.165) is 17.3 Å². The van der Waals surface area contributed by atoms with Gasteiger partial charge in [-0.15, -0.1) is 0 Å². The molecule has 0 spiro atoms. The smallest absolute Gasteiger partial charge is 0.270 e. The highest BCUT2D eigenvalue weighted by molar-refractivity contribution is 8.27. The zero-order valence-corrected chi connectivity index (χ0v) is 17.5. The van der Waals surface area contributed by atoms with Gasteiger partial charge in [-0.3, -0.25) is 9.69 Å². The molecule has 1 amide bonds. The Morgan fingerprint density at radius 3 is 2.59 bits per heavy atom. The largest absolute Gasteiger partial charge is 0.335 e. The Bertz CT molecular complexity index is 982. The zero-order chi connectivity index (χ0) is 19.0. The van der Waals surface area contributed by atoms with Gasteiger partial charge in [0.1, 0.15) is 0 Å². The van der Waals surface area contributed by atoms with Gasteiger partial charge in [0, 0.05) is 11.4 Å². The van der Waals surface area contributed by atoms with Crippen LogP contribution in [0.15, 0.2) is 75.5 Å². The molecule has 136 valence electrons. The summed E-state index contributed by atoms with van der Waals surface area (Å²) in [5.74, 6) is -0.0625. The summed E-state index contributed by atoms with van der Waals surface area (Å²) < 4.78 is 0.571. The quantitative estimate of drug-likeness (QED) is 0.476. The van der Waals surface area contributed by atoms with Gasteiger partial charge in [-0.05, 0) is 55.8 Å². The molecule has 1 fully saturated rings. The van der Waals surface area contributed by atoms with E-state index in [2.05, 4.69) is 36.9 Å². The van der Waals surface area contributed by atoms with Crippen molar-refractivity contribution in [3.05, 3.63) is 76.2 Å². The van der Waals surface area contributed by atoms with Gasteiger partial charge >= 0.3 is 0 Å². The first kappa shape index (κ1) is 18.3. The molecule has 2 aliphatic rings. The molecule has 2 aromatic rings. The lowest BCUT2D eigenvalue weighted by Crippen LogP contribution is -2.27. The molecule has 0 saturated carbocycles. The molecule has 0 aromatic heterocycles. The van der Waals surface area contributed by atoms with Gasteiger partial charge in [0.2, 0.25) is 0 Å². The summed E-state index contributed by atoms with van der Waals surface area (Å²) in [6, 6.07) is 16.1. The number of hydrogen-bond acceptors (Lipinski definition) is 5. The fraction of sp³-hybridized carbons (Fsp3) is 0.143.